The molecule has 1 saturated carbocycles. The largest absolute Gasteiger partial charge is 0.596 e. The zero-order valence-electron chi connectivity index (χ0n) is 97.5. The molecule has 4 unspecified atom stereocenters. The Bertz CT molecular complexity index is 2850. The van der Waals surface area contributed by atoms with Crippen molar-refractivity contribution in [1.82, 2.24) is 25.6 Å². The third-order valence-corrected chi connectivity index (χ3v) is 52.9. The number of nitrogens with two attached hydrogens (primary N) is 1. The maximum absolute atomic E-state index is 8.87. The molecule has 0 amide bonds. The number of benzene rings is 1. The van der Waals surface area contributed by atoms with Crippen LogP contribution in [0.2, 0.25) is 61.9 Å². The lowest BCUT2D eigenvalue weighted by Gasteiger charge is -2.36. The van der Waals surface area contributed by atoms with E-state index in [0.717, 1.165) is 159 Å². The van der Waals surface area contributed by atoms with E-state index >= 15 is 0 Å². The van der Waals surface area contributed by atoms with Crippen molar-refractivity contribution < 1.29 is 143 Å². The molecule has 1 aliphatic heterocycles. The number of allylic oxidation sites excluding steroid dienone is 4. The second-order valence-electron chi connectivity index (χ2n) is 31.9. The Morgan fingerprint density at radius 2 is 0.786 bits per heavy atom. The van der Waals surface area contributed by atoms with E-state index in [4.69, 9.17) is 149 Å². The zero-order valence-corrected chi connectivity index (χ0v) is 109. The van der Waals surface area contributed by atoms with E-state index in [1.54, 1.807) is 111 Å². The van der Waals surface area contributed by atoms with Crippen molar-refractivity contribution >= 4 is 116 Å². The van der Waals surface area contributed by atoms with Crippen molar-refractivity contribution in [3.05, 3.63) is 85.6 Å². The van der Waals surface area contributed by atoms with Gasteiger partial charge in [-0.15, -0.1) is 19.7 Å². The van der Waals surface area contributed by atoms with Crippen LogP contribution in [-0.4, -0.2) is 390 Å². The molecule has 1 saturated heterocycles. The van der Waals surface area contributed by atoms with Gasteiger partial charge in [0, 0.05) is 255 Å². The number of thiol groups is 1. The smallest absolute Gasteiger partial charge is 0.398 e. The average molecular weight is 2300 g/mol. The Morgan fingerprint density at radius 3 is 1.07 bits per heavy atom. The minimum Gasteiger partial charge on any atom is -0.398 e. The number of nitrogens with one attached hydrogen (secondary N) is 5. The van der Waals surface area contributed by atoms with Crippen LogP contribution >= 0.6 is 12.6 Å². The van der Waals surface area contributed by atoms with Crippen LogP contribution in [0.25, 0.3) is 0 Å². The molecule has 8 N–H and O–H groups in total. The van der Waals surface area contributed by atoms with Gasteiger partial charge in [-0.25, -0.2) is 0 Å². The molecular weight excluding hydrogens is 2080 g/mol. The van der Waals surface area contributed by atoms with Crippen LogP contribution < -0.4 is 31.3 Å². The first-order valence-electron chi connectivity index (χ1n) is 51.8. The predicted molar refractivity (Wildman–Crippen MR) is 614 cm³/mol. The molecule has 0 spiro atoms. The fourth-order valence-corrected chi connectivity index (χ4v) is 34.2. The highest BCUT2D eigenvalue weighted by molar-refractivity contribution is 7.80. The highest BCUT2D eigenvalue weighted by Crippen LogP contribution is 2.52. The molecule has 1 aromatic rings. The summed E-state index contributed by atoms with van der Waals surface area (Å²) in [5, 5.41) is 15.5. The number of fused-ring (bicyclic) bond motifs is 2. The molecule has 4 atom stereocenters. The molecular formula is C95H218N6O32SSi11. The molecule has 50 heteroatoms. The normalized spacial score (nSPS) is 14.9. The molecule has 3 aliphatic rings. The average Bonchev–Trinajstić information content (AvgIpc) is 1.62. The lowest BCUT2D eigenvalue weighted by atomic mass is 10.1. The monoisotopic (exact) mass is 2300 g/mol. The van der Waals surface area contributed by atoms with Gasteiger partial charge in [0.25, 0.3) is 0 Å². The SMILES string of the molecule is C=CC[Si](C)(OCC)OCC.C=CC[Si](CO)(OC)OC.C=C[Si](C)(OC)OC.C=O.CCCNCCN[Si](OC)(OC)OC.CCCNCCN[Si](OCC)(OCC)OCC.CCCN[Si](OC)(OC)OC.CCO[Si](CCCN)(OCC)OCC.CCO[Si](Cc1ccccc1)(OCC)OCC.CCO[Si](OCC)(OCC)C1CC2C=CC1C2.CO[Si](C)(CCCOCC1CO1)OC.CO[Si](C)(CCCS)OC. The molecule has 1 aromatic carbocycles. The third-order valence-electron chi connectivity index (χ3n) is 21.4. The third kappa shape index (κ3) is 78.8. The molecule has 870 valence electrons. The maximum atomic E-state index is 8.87. The topological polar surface area (TPSA) is 404 Å². The summed E-state index contributed by atoms with van der Waals surface area (Å²) in [7, 11) is -2.03. The van der Waals surface area contributed by atoms with Gasteiger partial charge in [0.15, 0.2) is 0 Å². The number of aliphatic hydroxyl groups excluding tert-OH is 1. The van der Waals surface area contributed by atoms with Crippen LogP contribution in [0.3, 0.4) is 0 Å². The van der Waals surface area contributed by atoms with Gasteiger partial charge in [-0.2, -0.15) is 12.6 Å². The lowest BCUT2D eigenvalue weighted by molar-refractivity contribution is -0.0980. The van der Waals surface area contributed by atoms with E-state index in [2.05, 4.69) is 123 Å². The van der Waals surface area contributed by atoms with Gasteiger partial charge < -0.3 is 160 Å². The van der Waals surface area contributed by atoms with Crippen LogP contribution in [0, 0.1) is 11.8 Å². The number of carbonyl (C=O) groups excluding carboxylic acids is 1. The van der Waals surface area contributed by atoms with Gasteiger partial charge in [-0.3, -0.25) is 14.9 Å². The van der Waals surface area contributed by atoms with Gasteiger partial charge in [0.05, 0.1) is 19.4 Å². The van der Waals surface area contributed by atoms with Crippen molar-refractivity contribution in [3.8, 4) is 0 Å². The van der Waals surface area contributed by atoms with Gasteiger partial charge in [-0.1, -0.05) is 75.4 Å². The van der Waals surface area contributed by atoms with Gasteiger partial charge >= 0.3 is 96.1 Å². The maximum Gasteiger partial charge on any atom is 0.596 e. The molecule has 145 heavy (non-hydrogen) atoms. The quantitative estimate of drug-likeness (QED) is 0.00987. The first-order valence-corrected chi connectivity index (χ1v) is 75.5. The van der Waals surface area contributed by atoms with E-state index in [-0.39, 0.29) is 6.23 Å². The standard InChI is InChI=1S/C13H24O3Si.C13H22O3Si.C11H28N2O3Si.C9H23NO3Si.C9H20O4Si.C8H22N2O3Si.C8H18O2Si.C6H17NO3Si.C6H14O3Si.C6H16O2SSi.C5H12O2Si.CH2O/c1-4-14-17(15-5-2,16-6-3)13-10-11-7-8-12(13)9-11;1-4-14-17(15-5-2,16-6-3)12-13-10-8-7-9-11-13;1-5-9-12-10-11-13-17(14-6-2,15-7-3)16-8-4;1-4-11-14(12-5-2,13-6-3)9-7-8-10;1-10-14(3,11-2)6-4-5-12-7-9-8-13-9;1-5-6-9-7-8-10-14(11-2,12-3)13-4;1-5-8-11(4,9-6-2)10-7-3;1-5-6-7-11(8-2,9-3)10-4;1-4-5-10(6-7,8-2)9-3;1-7-10(3,8-2)6-4-5-9;1-5-8(4,6-2)7-3;1-2/h7-8,11-13H,4-6,9-10H2,1-3H3;7-11H,4-6,12H2,1-3H3;12-13H,5-11H2,1-4H3;4-10H2,1-3H3;9H,4-8H2,1-3H3;9-10H,5-8H2,1-4H3;5H,1,6-8H2,2-4H3;7H,5-6H2,1-4H3;4,7H,1,5-6H2,2-3H3;9H,4-6H2,1-3H3;5H,1H2,2-4H3;1H2. The molecule has 0 aromatic heterocycles. The first kappa shape index (κ1) is 159. The molecule has 38 nitrogen and oxygen atoms in total. The van der Waals surface area contributed by atoms with Gasteiger partial charge in [0.1, 0.15) is 12.9 Å². The van der Waals surface area contributed by atoms with Crippen molar-refractivity contribution in [2.75, 3.05) is 276 Å². The Hall–Kier alpha value is -0.894. The van der Waals surface area contributed by atoms with Gasteiger partial charge in [-0.05, 0) is 242 Å². The van der Waals surface area contributed by atoms with Gasteiger partial charge in [0.2, 0.25) is 0 Å². The summed E-state index contributed by atoms with van der Waals surface area (Å²) in [6.45, 7) is 73.5. The summed E-state index contributed by atoms with van der Waals surface area (Å²) in [5.41, 5.74) is 8.91. The van der Waals surface area contributed by atoms with E-state index in [1.807, 2.05) is 135 Å². The van der Waals surface area contributed by atoms with Crippen molar-refractivity contribution in [1.29, 1.82) is 0 Å². The second-order valence-corrected chi connectivity index (χ2v) is 65.2. The number of aliphatic hydroxyl groups is 1. The number of hydrogen-bond donors (Lipinski definition) is 8. The number of ether oxygens (including phenoxy) is 2. The van der Waals surface area contributed by atoms with Crippen LogP contribution in [-0.2, 0) is 144 Å². The highest BCUT2D eigenvalue weighted by Gasteiger charge is 2.57. The van der Waals surface area contributed by atoms with Crippen molar-refractivity contribution in [3.63, 3.8) is 0 Å². The zero-order chi connectivity index (χ0) is 112. The molecule has 2 fully saturated rings. The van der Waals surface area contributed by atoms with Crippen LogP contribution in [0.4, 0.5) is 0 Å². The number of hydrogen-bond acceptors (Lipinski definition) is 39. The fourth-order valence-electron chi connectivity index (χ4n) is 13.4. The summed E-state index contributed by atoms with van der Waals surface area (Å²) in [6, 6.07) is 15.3. The Kier molecular flexibility index (Phi) is 115. The minimum absolute atomic E-state index is 0.0218. The van der Waals surface area contributed by atoms with Crippen molar-refractivity contribution in [2.24, 2.45) is 17.6 Å². The number of rotatable bonds is 78. The predicted octanol–water partition coefficient (Wildman–Crippen LogP) is 15.1. The highest BCUT2D eigenvalue weighted by atomic mass is 32.1. The number of epoxide rings is 1. The Morgan fingerprint density at radius 1 is 0.414 bits per heavy atom. The minimum atomic E-state index is -2.65. The van der Waals surface area contributed by atoms with Crippen LogP contribution in [0.15, 0.2) is 80.1 Å². The summed E-state index contributed by atoms with van der Waals surface area (Å²) in [4.78, 5) is 17.6. The lowest BCUT2D eigenvalue weighted by Crippen LogP contribution is -2.60. The number of carbonyl (C=O) groups is 1. The summed E-state index contributed by atoms with van der Waals surface area (Å²) in [6.07, 6.45) is 17.4. The Balaban J connectivity index is -0.000000238. The summed E-state index contributed by atoms with van der Waals surface area (Å²) >= 11 is 4.12. The second kappa shape index (κ2) is 105. The van der Waals surface area contributed by atoms with E-state index in [9.17, 15) is 0 Å². The Labute approximate surface area is 901 Å². The molecule has 2 aliphatic carbocycles. The van der Waals surface area contributed by atoms with Crippen LogP contribution in [0.5, 0.6) is 0 Å². The molecule has 1 heterocycles. The van der Waals surface area contributed by atoms with E-state index in [0.29, 0.717) is 109 Å². The van der Waals surface area contributed by atoms with Crippen molar-refractivity contribution in [2.45, 2.75) is 243 Å². The summed E-state index contributed by atoms with van der Waals surface area (Å²) < 4.78 is 163. The summed E-state index contributed by atoms with van der Waals surface area (Å²) in [5.74, 6) is 2.27. The molecule has 4 rings (SSSR count). The van der Waals surface area contributed by atoms with E-state index in [1.165, 1.54) is 18.4 Å². The van der Waals surface area contributed by atoms with E-state index < -0.39 is 96.1 Å². The fraction of sp³-hybridized carbons (Fsp3) is 0.842. The molecule has 0 radical (unpaired) electrons. The first-order chi connectivity index (χ1) is 69.5. The van der Waals surface area contributed by atoms with Crippen LogP contribution in [0.1, 0.15) is 175 Å². The molecule has 2 bridgehead atoms.